The molecule has 3 saturated carbocycles. The molecule has 1 N–H and O–H groups in total. The Bertz CT molecular complexity index is 478. The summed E-state index contributed by atoms with van der Waals surface area (Å²) in [6.07, 6.45) is 8.81. The van der Waals surface area contributed by atoms with Gasteiger partial charge in [0.15, 0.2) is 0 Å². The van der Waals surface area contributed by atoms with Gasteiger partial charge in [0, 0.05) is 31.0 Å². The number of amides is 1. The third-order valence-electron chi connectivity index (χ3n) is 6.89. The number of hydrogen-bond acceptors (Lipinski definition) is 3. The maximum atomic E-state index is 13.0. The van der Waals surface area contributed by atoms with Gasteiger partial charge in [-0.15, -0.1) is 0 Å². The van der Waals surface area contributed by atoms with E-state index in [1.165, 1.54) is 25.7 Å². The largest absolute Gasteiger partial charge is 0.481 e. The summed E-state index contributed by atoms with van der Waals surface area (Å²) in [5.74, 6) is -0.732. The highest BCUT2D eigenvalue weighted by molar-refractivity contribution is 5.80. The third-order valence-corrected chi connectivity index (χ3v) is 6.89. The number of hydrogen-bond donors (Lipinski definition) is 1. The topological polar surface area (TPSA) is 66.8 Å². The quantitative estimate of drug-likeness (QED) is 0.837. The lowest BCUT2D eigenvalue weighted by atomic mass is 9.59. The number of rotatable bonds is 5. The smallest absolute Gasteiger partial charge is 0.306 e. The van der Waals surface area contributed by atoms with Crippen molar-refractivity contribution in [3.05, 3.63) is 0 Å². The molecule has 3 fully saturated rings. The molecule has 3 aliphatic carbocycles. The van der Waals surface area contributed by atoms with Crippen molar-refractivity contribution in [3.63, 3.8) is 0 Å². The van der Waals surface area contributed by atoms with Gasteiger partial charge >= 0.3 is 5.97 Å². The van der Waals surface area contributed by atoms with Crippen LogP contribution in [0.1, 0.15) is 64.7 Å². The minimum atomic E-state index is -0.710. The first-order chi connectivity index (χ1) is 11.5. The fourth-order valence-corrected chi connectivity index (χ4v) is 5.42. The van der Waals surface area contributed by atoms with Gasteiger partial charge in [0.05, 0.1) is 12.0 Å². The number of carbonyl (C=O) groups excluding carboxylic acids is 1. The molecule has 5 nitrogen and oxygen atoms in total. The van der Waals surface area contributed by atoms with Crippen molar-refractivity contribution in [3.8, 4) is 0 Å². The lowest BCUT2D eigenvalue weighted by Crippen LogP contribution is -2.64. The zero-order chi connectivity index (χ0) is 17.3. The summed E-state index contributed by atoms with van der Waals surface area (Å²) >= 11 is 0. The predicted molar refractivity (Wildman–Crippen MR) is 90.6 cm³/mol. The van der Waals surface area contributed by atoms with Crippen LogP contribution in [0.4, 0.5) is 0 Å². The van der Waals surface area contributed by atoms with Crippen molar-refractivity contribution < 1.29 is 19.4 Å². The Morgan fingerprint density at radius 2 is 1.71 bits per heavy atom. The summed E-state index contributed by atoms with van der Waals surface area (Å²) in [6, 6.07) is 0.307. The first-order valence-corrected chi connectivity index (χ1v) is 9.60. The van der Waals surface area contributed by atoms with Crippen molar-refractivity contribution in [1.29, 1.82) is 0 Å². The molecule has 1 spiro atoms. The van der Waals surface area contributed by atoms with Crippen molar-refractivity contribution in [2.24, 2.45) is 17.3 Å². The van der Waals surface area contributed by atoms with Crippen molar-refractivity contribution in [1.82, 2.24) is 4.90 Å². The molecule has 2 atom stereocenters. The normalized spacial score (nSPS) is 34.8. The Morgan fingerprint density at radius 1 is 1.12 bits per heavy atom. The van der Waals surface area contributed by atoms with Gasteiger partial charge in [-0.1, -0.05) is 12.8 Å². The van der Waals surface area contributed by atoms with E-state index < -0.39 is 5.97 Å². The Labute approximate surface area is 144 Å². The molecule has 0 radical (unpaired) electrons. The summed E-state index contributed by atoms with van der Waals surface area (Å²) in [7, 11) is 1.96. The standard InChI is InChI=1S/C19H31NO4/c1-3-24-16-12-15(19(16)10-4-5-11-19)20(2)17(21)13-6-8-14(9-7-13)18(22)23/h13-16H,3-12H2,1-2H3,(H,22,23). The molecule has 0 bridgehead atoms. The summed E-state index contributed by atoms with van der Waals surface area (Å²) in [4.78, 5) is 26.0. The van der Waals surface area contributed by atoms with Gasteiger partial charge in [-0.2, -0.15) is 0 Å². The first-order valence-electron chi connectivity index (χ1n) is 9.60. The Hall–Kier alpha value is -1.10. The van der Waals surface area contributed by atoms with E-state index in [-0.39, 0.29) is 23.2 Å². The molecule has 0 saturated heterocycles. The predicted octanol–water partition coefficient (Wildman–Crippen LogP) is 3.07. The fourth-order valence-electron chi connectivity index (χ4n) is 5.42. The molecule has 1 amide bonds. The second-order valence-corrected chi connectivity index (χ2v) is 7.97. The zero-order valence-corrected chi connectivity index (χ0v) is 15.0. The van der Waals surface area contributed by atoms with Crippen molar-refractivity contribution in [2.75, 3.05) is 13.7 Å². The summed E-state index contributed by atoms with van der Waals surface area (Å²) in [5.41, 5.74) is 0.179. The molecule has 0 heterocycles. The monoisotopic (exact) mass is 337 g/mol. The fraction of sp³-hybridized carbons (Fsp3) is 0.895. The number of carbonyl (C=O) groups is 2. The maximum absolute atomic E-state index is 13.0. The van der Waals surface area contributed by atoms with Crippen molar-refractivity contribution in [2.45, 2.75) is 76.9 Å². The number of aliphatic carboxylic acids is 1. The summed E-state index contributed by atoms with van der Waals surface area (Å²) in [6.45, 7) is 2.79. The van der Waals surface area contributed by atoms with E-state index in [0.29, 0.717) is 25.0 Å². The van der Waals surface area contributed by atoms with E-state index in [9.17, 15) is 9.59 Å². The lowest BCUT2D eigenvalue weighted by molar-refractivity contribution is -0.175. The molecule has 136 valence electrons. The summed E-state index contributed by atoms with van der Waals surface area (Å²) in [5, 5.41) is 9.12. The van der Waals surface area contributed by atoms with E-state index >= 15 is 0 Å². The van der Waals surface area contributed by atoms with Crippen LogP contribution >= 0.6 is 0 Å². The summed E-state index contributed by atoms with van der Waals surface area (Å²) < 4.78 is 5.96. The molecule has 0 aromatic heterocycles. The van der Waals surface area contributed by atoms with Gasteiger partial charge in [0.1, 0.15) is 0 Å². The molecule has 0 aliphatic heterocycles. The minimum absolute atomic E-state index is 0.00944. The lowest BCUT2D eigenvalue weighted by Gasteiger charge is -2.57. The molecular formula is C19H31NO4. The highest BCUT2D eigenvalue weighted by Gasteiger charge is 2.59. The van der Waals surface area contributed by atoms with Gasteiger partial charge in [-0.05, 0) is 51.9 Å². The van der Waals surface area contributed by atoms with E-state index in [0.717, 1.165) is 25.9 Å². The molecule has 0 aromatic carbocycles. The second kappa shape index (κ2) is 7.03. The van der Waals surface area contributed by atoms with Crippen LogP contribution in [-0.2, 0) is 14.3 Å². The SMILES string of the molecule is CCOC1CC(N(C)C(=O)C2CCC(C(=O)O)CC2)C12CCCC2. The van der Waals surface area contributed by atoms with E-state index in [4.69, 9.17) is 9.84 Å². The molecule has 3 rings (SSSR count). The Kier molecular flexibility index (Phi) is 5.19. The molecule has 3 aliphatic rings. The number of carboxylic acid groups (broad SMARTS) is 1. The van der Waals surface area contributed by atoms with Gasteiger partial charge in [0.2, 0.25) is 5.91 Å². The molecule has 24 heavy (non-hydrogen) atoms. The highest BCUT2D eigenvalue weighted by atomic mass is 16.5. The molecular weight excluding hydrogens is 306 g/mol. The van der Waals surface area contributed by atoms with Crippen LogP contribution in [0.25, 0.3) is 0 Å². The Morgan fingerprint density at radius 3 is 2.25 bits per heavy atom. The third kappa shape index (κ3) is 2.96. The van der Waals surface area contributed by atoms with E-state index in [1.807, 2.05) is 18.9 Å². The first kappa shape index (κ1) is 17.7. The van der Waals surface area contributed by atoms with Gasteiger partial charge in [-0.3, -0.25) is 9.59 Å². The average molecular weight is 337 g/mol. The van der Waals surface area contributed by atoms with Crippen LogP contribution in [0.15, 0.2) is 0 Å². The van der Waals surface area contributed by atoms with Crippen LogP contribution in [0.5, 0.6) is 0 Å². The van der Waals surface area contributed by atoms with Gasteiger partial charge < -0.3 is 14.7 Å². The van der Waals surface area contributed by atoms with Crippen LogP contribution in [0.3, 0.4) is 0 Å². The zero-order valence-electron chi connectivity index (χ0n) is 15.0. The van der Waals surface area contributed by atoms with E-state index in [2.05, 4.69) is 0 Å². The molecule has 2 unspecified atom stereocenters. The molecule has 5 heteroatoms. The number of ether oxygens (including phenoxy) is 1. The van der Waals surface area contributed by atoms with Gasteiger partial charge in [-0.25, -0.2) is 0 Å². The van der Waals surface area contributed by atoms with Gasteiger partial charge in [0.25, 0.3) is 0 Å². The Balaban J connectivity index is 1.61. The van der Waals surface area contributed by atoms with Crippen LogP contribution in [0.2, 0.25) is 0 Å². The maximum Gasteiger partial charge on any atom is 0.306 e. The second-order valence-electron chi connectivity index (χ2n) is 7.97. The highest BCUT2D eigenvalue weighted by Crippen LogP contribution is 2.56. The average Bonchev–Trinajstić information content (AvgIpc) is 3.10. The van der Waals surface area contributed by atoms with Crippen LogP contribution < -0.4 is 0 Å². The minimum Gasteiger partial charge on any atom is -0.481 e. The van der Waals surface area contributed by atoms with E-state index in [1.54, 1.807) is 0 Å². The number of carboxylic acids is 1. The number of nitrogens with zero attached hydrogens (tertiary/aromatic N) is 1. The van der Waals surface area contributed by atoms with Crippen LogP contribution in [-0.4, -0.2) is 47.7 Å². The van der Waals surface area contributed by atoms with Crippen LogP contribution in [0, 0.1) is 17.3 Å². The molecule has 0 aromatic rings. The van der Waals surface area contributed by atoms with Crippen molar-refractivity contribution >= 4 is 11.9 Å².